The van der Waals surface area contributed by atoms with Crippen LogP contribution < -0.4 is 9.46 Å². The van der Waals surface area contributed by atoms with E-state index in [4.69, 9.17) is 4.74 Å². The molecule has 120 valence electrons. The van der Waals surface area contributed by atoms with E-state index in [2.05, 4.69) is 9.46 Å². The summed E-state index contributed by atoms with van der Waals surface area (Å²) in [5.74, 6) is -0.584. The van der Waals surface area contributed by atoms with Crippen LogP contribution in [0.3, 0.4) is 0 Å². The Morgan fingerprint density at radius 1 is 1.29 bits per heavy atom. The second-order valence-corrected chi connectivity index (χ2v) is 5.74. The van der Waals surface area contributed by atoms with Gasteiger partial charge in [-0.05, 0) is 25.5 Å². The number of ether oxygens (including phenoxy) is 2. The van der Waals surface area contributed by atoms with Crippen molar-refractivity contribution in [2.24, 2.45) is 0 Å². The smallest absolute Gasteiger partial charge is 0.406 e. The third kappa shape index (κ3) is 6.78. The van der Waals surface area contributed by atoms with E-state index in [9.17, 15) is 21.6 Å². The van der Waals surface area contributed by atoms with E-state index in [1.807, 2.05) is 6.92 Å². The summed E-state index contributed by atoms with van der Waals surface area (Å²) in [6, 6.07) is 4.21. The van der Waals surface area contributed by atoms with Gasteiger partial charge in [0.2, 0.25) is 10.0 Å². The first-order valence-corrected chi connectivity index (χ1v) is 7.66. The molecule has 0 aromatic heterocycles. The van der Waals surface area contributed by atoms with Crippen molar-refractivity contribution in [3.05, 3.63) is 24.3 Å². The molecule has 0 heterocycles. The number of sulfonamides is 1. The highest BCUT2D eigenvalue weighted by molar-refractivity contribution is 7.89. The lowest BCUT2D eigenvalue weighted by Crippen LogP contribution is -2.26. The molecular weight excluding hydrogens is 311 g/mol. The van der Waals surface area contributed by atoms with E-state index in [0.29, 0.717) is 19.6 Å². The van der Waals surface area contributed by atoms with Gasteiger partial charge in [-0.15, -0.1) is 13.2 Å². The van der Waals surface area contributed by atoms with Gasteiger partial charge in [0, 0.05) is 25.8 Å². The molecule has 0 fully saturated rings. The van der Waals surface area contributed by atoms with Crippen LogP contribution in [0.15, 0.2) is 29.2 Å². The van der Waals surface area contributed by atoms with E-state index in [1.54, 1.807) is 0 Å². The summed E-state index contributed by atoms with van der Waals surface area (Å²) in [4.78, 5) is -0.291. The number of benzene rings is 1. The van der Waals surface area contributed by atoms with E-state index < -0.39 is 22.1 Å². The summed E-state index contributed by atoms with van der Waals surface area (Å²) < 4.78 is 71.1. The molecular formula is C12H16F3NO4S. The maximum absolute atomic E-state index is 12.1. The molecule has 0 aliphatic carbocycles. The molecule has 1 rings (SSSR count). The Hall–Kier alpha value is -1.32. The number of nitrogens with one attached hydrogen (secondary N) is 1. The molecule has 9 heteroatoms. The van der Waals surface area contributed by atoms with Gasteiger partial charge in [-0.1, -0.05) is 6.07 Å². The lowest BCUT2D eigenvalue weighted by molar-refractivity contribution is -0.274. The Balaban J connectivity index is 2.68. The second-order valence-electron chi connectivity index (χ2n) is 3.97. The molecule has 5 nitrogen and oxygen atoms in total. The largest absolute Gasteiger partial charge is 0.573 e. The van der Waals surface area contributed by atoms with Gasteiger partial charge in [0.05, 0.1) is 4.90 Å². The van der Waals surface area contributed by atoms with E-state index in [0.717, 1.165) is 12.1 Å². The van der Waals surface area contributed by atoms with Gasteiger partial charge >= 0.3 is 6.36 Å². The van der Waals surface area contributed by atoms with Gasteiger partial charge in [0.1, 0.15) is 5.75 Å². The minimum atomic E-state index is -4.87. The van der Waals surface area contributed by atoms with Crippen LogP contribution in [-0.4, -0.2) is 34.5 Å². The van der Waals surface area contributed by atoms with Crippen molar-refractivity contribution in [3.8, 4) is 5.75 Å². The van der Waals surface area contributed by atoms with Crippen LogP contribution >= 0.6 is 0 Å². The van der Waals surface area contributed by atoms with E-state index >= 15 is 0 Å². The third-order valence-electron chi connectivity index (χ3n) is 2.31. The Morgan fingerprint density at radius 3 is 2.62 bits per heavy atom. The fourth-order valence-electron chi connectivity index (χ4n) is 1.45. The van der Waals surface area contributed by atoms with Crippen molar-refractivity contribution in [2.75, 3.05) is 19.8 Å². The Kier molecular flexibility index (Phi) is 6.43. The highest BCUT2D eigenvalue weighted by atomic mass is 32.2. The topological polar surface area (TPSA) is 64.6 Å². The normalized spacial score (nSPS) is 12.4. The predicted molar refractivity (Wildman–Crippen MR) is 69.4 cm³/mol. The summed E-state index contributed by atoms with van der Waals surface area (Å²) in [7, 11) is -3.88. The van der Waals surface area contributed by atoms with Crippen LogP contribution in [0.5, 0.6) is 5.75 Å². The average Bonchev–Trinajstić information content (AvgIpc) is 2.37. The van der Waals surface area contributed by atoms with Gasteiger partial charge in [0.25, 0.3) is 0 Å². The first-order chi connectivity index (χ1) is 9.74. The molecule has 0 aliphatic heterocycles. The Labute approximate surface area is 121 Å². The van der Waals surface area contributed by atoms with Crippen LogP contribution in [0, 0.1) is 0 Å². The molecule has 0 saturated heterocycles. The summed E-state index contributed by atoms with van der Waals surface area (Å²) >= 11 is 0. The molecule has 21 heavy (non-hydrogen) atoms. The number of halogens is 3. The zero-order valence-electron chi connectivity index (χ0n) is 11.3. The van der Waals surface area contributed by atoms with Crippen molar-refractivity contribution in [1.82, 2.24) is 4.72 Å². The van der Waals surface area contributed by atoms with Crippen LogP contribution in [0.4, 0.5) is 13.2 Å². The molecule has 0 saturated carbocycles. The zero-order valence-corrected chi connectivity index (χ0v) is 12.1. The van der Waals surface area contributed by atoms with Crippen molar-refractivity contribution in [1.29, 1.82) is 0 Å². The number of hydrogen-bond donors (Lipinski definition) is 1. The lowest BCUT2D eigenvalue weighted by atomic mass is 10.3. The molecule has 0 radical (unpaired) electrons. The molecule has 0 spiro atoms. The summed E-state index contributed by atoms with van der Waals surface area (Å²) in [6.07, 6.45) is -4.40. The van der Waals surface area contributed by atoms with Gasteiger partial charge in [-0.2, -0.15) is 0 Å². The monoisotopic (exact) mass is 327 g/mol. The minimum absolute atomic E-state index is 0.132. The maximum atomic E-state index is 12.1. The Bertz CT molecular complexity index is 546. The molecule has 0 unspecified atom stereocenters. The van der Waals surface area contributed by atoms with Crippen LogP contribution in [0.1, 0.15) is 13.3 Å². The van der Waals surface area contributed by atoms with Crippen LogP contribution in [0.25, 0.3) is 0 Å². The lowest BCUT2D eigenvalue weighted by Gasteiger charge is -2.11. The first-order valence-electron chi connectivity index (χ1n) is 6.18. The molecule has 1 aromatic carbocycles. The number of alkyl halides is 3. The summed E-state index contributed by atoms with van der Waals surface area (Å²) in [5, 5.41) is 0. The van der Waals surface area contributed by atoms with Gasteiger partial charge in [-0.25, -0.2) is 13.1 Å². The summed E-state index contributed by atoms with van der Waals surface area (Å²) in [5.41, 5.74) is 0. The Morgan fingerprint density at radius 2 is 2.00 bits per heavy atom. The van der Waals surface area contributed by atoms with Gasteiger partial charge in [-0.3, -0.25) is 0 Å². The fourth-order valence-corrected chi connectivity index (χ4v) is 2.56. The minimum Gasteiger partial charge on any atom is -0.406 e. The zero-order chi connectivity index (χ0) is 15.9. The fraction of sp³-hybridized carbons (Fsp3) is 0.500. The highest BCUT2D eigenvalue weighted by Crippen LogP contribution is 2.24. The molecule has 0 aliphatic rings. The van der Waals surface area contributed by atoms with Crippen molar-refractivity contribution < 1.29 is 31.1 Å². The molecule has 0 atom stereocenters. The molecule has 1 N–H and O–H groups in total. The standard InChI is InChI=1S/C12H16F3NO4S/c1-2-19-8-4-7-16-21(17,18)11-6-3-5-10(9-11)20-12(13,14)15/h3,5-6,9,16H,2,4,7-8H2,1H3. The third-order valence-corrected chi connectivity index (χ3v) is 3.77. The molecule has 1 aromatic rings. The van der Waals surface area contributed by atoms with Crippen molar-refractivity contribution in [2.45, 2.75) is 24.6 Å². The predicted octanol–water partition coefficient (Wildman–Crippen LogP) is 2.29. The van der Waals surface area contributed by atoms with Gasteiger partial charge < -0.3 is 9.47 Å². The second kappa shape index (κ2) is 7.62. The van der Waals surface area contributed by atoms with Crippen molar-refractivity contribution >= 4 is 10.0 Å². The maximum Gasteiger partial charge on any atom is 0.573 e. The van der Waals surface area contributed by atoms with Crippen molar-refractivity contribution in [3.63, 3.8) is 0 Å². The highest BCUT2D eigenvalue weighted by Gasteiger charge is 2.31. The average molecular weight is 327 g/mol. The van der Waals surface area contributed by atoms with Gasteiger partial charge in [0.15, 0.2) is 0 Å². The summed E-state index contributed by atoms with van der Waals surface area (Å²) in [6.45, 7) is 2.88. The number of hydrogen-bond acceptors (Lipinski definition) is 4. The molecule has 0 bridgehead atoms. The SMILES string of the molecule is CCOCCCNS(=O)(=O)c1cccc(OC(F)(F)F)c1. The molecule has 0 amide bonds. The first kappa shape index (κ1) is 17.7. The number of rotatable bonds is 8. The quantitative estimate of drug-likeness (QED) is 0.744. The van der Waals surface area contributed by atoms with E-state index in [-0.39, 0.29) is 11.4 Å². The van der Waals surface area contributed by atoms with E-state index in [1.165, 1.54) is 12.1 Å². The van der Waals surface area contributed by atoms with Crippen LogP contribution in [-0.2, 0) is 14.8 Å². The van der Waals surface area contributed by atoms with Crippen LogP contribution in [0.2, 0.25) is 0 Å².